The summed E-state index contributed by atoms with van der Waals surface area (Å²) in [6.07, 6.45) is 1.09. The minimum atomic E-state index is -1.22. The van der Waals surface area contributed by atoms with Crippen molar-refractivity contribution in [1.29, 1.82) is 0 Å². The van der Waals surface area contributed by atoms with Gasteiger partial charge in [-0.05, 0) is 25.2 Å². The lowest BCUT2D eigenvalue weighted by atomic mass is 9.97. The molecule has 0 saturated carbocycles. The summed E-state index contributed by atoms with van der Waals surface area (Å²) in [6.45, 7) is 9.02. The molecule has 0 aliphatic rings. The van der Waals surface area contributed by atoms with Gasteiger partial charge < -0.3 is 26.8 Å². The maximum absolute atomic E-state index is 12.6. The van der Waals surface area contributed by atoms with Crippen LogP contribution >= 0.6 is 12.6 Å². The van der Waals surface area contributed by atoms with Crippen LogP contribution in [0.15, 0.2) is 0 Å². The first-order chi connectivity index (χ1) is 12.9. The molecule has 0 bridgehead atoms. The van der Waals surface area contributed by atoms with E-state index in [9.17, 15) is 19.2 Å². The molecule has 0 aromatic carbocycles. The van der Waals surface area contributed by atoms with Crippen molar-refractivity contribution in [2.24, 2.45) is 17.6 Å². The summed E-state index contributed by atoms with van der Waals surface area (Å²) in [5, 5.41) is 16.5. The van der Waals surface area contributed by atoms with E-state index < -0.39 is 47.9 Å². The molecular formula is C18H34N4O5S. The summed E-state index contributed by atoms with van der Waals surface area (Å²) in [6, 6.07) is -3.73. The van der Waals surface area contributed by atoms with Crippen LogP contribution in [-0.4, -0.2) is 58.7 Å². The lowest BCUT2D eigenvalue weighted by Gasteiger charge is -2.25. The second-order valence-electron chi connectivity index (χ2n) is 7.41. The molecule has 0 radical (unpaired) electrons. The van der Waals surface area contributed by atoms with Gasteiger partial charge >= 0.3 is 5.97 Å². The summed E-state index contributed by atoms with van der Waals surface area (Å²) in [5.41, 5.74) is 5.93. The predicted molar refractivity (Wildman–Crippen MR) is 110 cm³/mol. The van der Waals surface area contributed by atoms with E-state index in [1.54, 1.807) is 0 Å². The van der Waals surface area contributed by atoms with E-state index in [1.807, 2.05) is 27.7 Å². The van der Waals surface area contributed by atoms with Crippen LogP contribution in [0.3, 0.4) is 0 Å². The van der Waals surface area contributed by atoms with Gasteiger partial charge in [-0.2, -0.15) is 12.6 Å². The number of carboxylic acids is 1. The molecule has 3 amide bonds. The number of nitrogens with one attached hydrogen (secondary N) is 3. The zero-order chi connectivity index (χ0) is 22.0. The van der Waals surface area contributed by atoms with E-state index in [0.29, 0.717) is 6.42 Å². The van der Waals surface area contributed by atoms with Gasteiger partial charge in [0.15, 0.2) is 0 Å². The Balaban J connectivity index is 5.03. The molecule has 28 heavy (non-hydrogen) atoms. The third kappa shape index (κ3) is 8.92. The fourth-order valence-corrected chi connectivity index (χ4v) is 2.59. The highest BCUT2D eigenvalue weighted by molar-refractivity contribution is 7.80. The number of rotatable bonds is 12. The molecule has 6 N–H and O–H groups in total. The minimum absolute atomic E-state index is 0.0401. The number of carbonyl (C=O) groups is 4. The van der Waals surface area contributed by atoms with Crippen LogP contribution in [0, 0.1) is 11.8 Å². The Labute approximate surface area is 172 Å². The molecule has 0 aromatic heterocycles. The van der Waals surface area contributed by atoms with Crippen molar-refractivity contribution in [2.45, 2.75) is 71.6 Å². The smallest absolute Gasteiger partial charge is 0.327 e. The van der Waals surface area contributed by atoms with Crippen LogP contribution in [0.2, 0.25) is 0 Å². The normalized spacial score (nSPS) is 16.4. The highest BCUT2D eigenvalue weighted by atomic mass is 32.1. The third-order valence-electron chi connectivity index (χ3n) is 4.45. The first-order valence-corrected chi connectivity index (χ1v) is 10.1. The second kappa shape index (κ2) is 12.6. The van der Waals surface area contributed by atoms with Crippen molar-refractivity contribution in [3.05, 3.63) is 0 Å². The molecule has 0 aliphatic heterocycles. The Morgan fingerprint density at radius 2 is 1.46 bits per heavy atom. The number of carboxylic acid groups (broad SMARTS) is 1. The van der Waals surface area contributed by atoms with Gasteiger partial charge in [0.2, 0.25) is 17.7 Å². The maximum atomic E-state index is 12.6. The topological polar surface area (TPSA) is 151 Å². The highest BCUT2D eigenvalue weighted by Gasteiger charge is 2.29. The minimum Gasteiger partial charge on any atom is -0.480 e. The predicted octanol–water partition coefficient (Wildman–Crippen LogP) is -0.105. The highest BCUT2D eigenvalue weighted by Crippen LogP contribution is 2.09. The van der Waals surface area contributed by atoms with Gasteiger partial charge in [0.25, 0.3) is 0 Å². The quantitative estimate of drug-likeness (QED) is 0.244. The largest absolute Gasteiger partial charge is 0.480 e. The SMILES string of the molecule is CCC(C)C(N)C(=O)NC(CC(C)C)C(=O)NC(C)C(=O)NC(CS)C(=O)O. The van der Waals surface area contributed by atoms with Gasteiger partial charge in [0.05, 0.1) is 6.04 Å². The standard InChI is InChI=1S/C18H34N4O5S/c1-6-10(4)14(19)17(25)21-12(7-9(2)3)16(24)20-11(5)15(23)22-13(8-28)18(26)27/h9-14,28H,6-8,19H2,1-5H3,(H,20,24)(H,21,25)(H,22,23)(H,26,27). The fourth-order valence-electron chi connectivity index (χ4n) is 2.34. The van der Waals surface area contributed by atoms with Crippen LogP contribution in [0.1, 0.15) is 47.5 Å². The number of hydrogen-bond donors (Lipinski definition) is 6. The van der Waals surface area contributed by atoms with Crippen LogP contribution in [-0.2, 0) is 19.2 Å². The molecule has 5 unspecified atom stereocenters. The van der Waals surface area contributed by atoms with E-state index in [4.69, 9.17) is 10.8 Å². The number of hydrogen-bond acceptors (Lipinski definition) is 6. The van der Waals surface area contributed by atoms with Gasteiger partial charge in [-0.15, -0.1) is 0 Å². The number of nitrogens with two attached hydrogens (primary N) is 1. The lowest BCUT2D eigenvalue weighted by molar-refractivity contribution is -0.141. The fraction of sp³-hybridized carbons (Fsp3) is 0.778. The van der Waals surface area contributed by atoms with Gasteiger partial charge in [-0.25, -0.2) is 4.79 Å². The molecule has 162 valence electrons. The van der Waals surface area contributed by atoms with Gasteiger partial charge in [-0.1, -0.05) is 34.1 Å². The molecule has 0 heterocycles. The lowest BCUT2D eigenvalue weighted by Crippen LogP contribution is -2.57. The Morgan fingerprint density at radius 1 is 0.929 bits per heavy atom. The first kappa shape index (κ1) is 26.2. The summed E-state index contributed by atoms with van der Waals surface area (Å²) in [4.78, 5) is 48.1. The number of aliphatic carboxylic acids is 1. The van der Waals surface area contributed by atoms with Crippen LogP contribution in [0.5, 0.6) is 0 Å². The maximum Gasteiger partial charge on any atom is 0.327 e. The van der Waals surface area contributed by atoms with Crippen molar-refractivity contribution in [3.8, 4) is 0 Å². The molecule has 0 aliphatic carbocycles. The van der Waals surface area contributed by atoms with E-state index >= 15 is 0 Å². The number of thiol groups is 1. The van der Waals surface area contributed by atoms with Crippen molar-refractivity contribution in [1.82, 2.24) is 16.0 Å². The second-order valence-corrected chi connectivity index (χ2v) is 7.78. The van der Waals surface area contributed by atoms with Crippen molar-refractivity contribution in [2.75, 3.05) is 5.75 Å². The molecule has 5 atom stereocenters. The molecule has 0 saturated heterocycles. The van der Waals surface area contributed by atoms with Crippen LogP contribution in [0.4, 0.5) is 0 Å². The first-order valence-electron chi connectivity index (χ1n) is 9.44. The average Bonchev–Trinajstić information content (AvgIpc) is 2.62. The summed E-state index contributed by atoms with van der Waals surface area (Å²) in [7, 11) is 0. The van der Waals surface area contributed by atoms with Crippen LogP contribution in [0.25, 0.3) is 0 Å². The molecular weight excluding hydrogens is 384 g/mol. The monoisotopic (exact) mass is 418 g/mol. The molecule has 9 nitrogen and oxygen atoms in total. The Morgan fingerprint density at radius 3 is 1.89 bits per heavy atom. The Hall–Kier alpha value is -1.81. The van der Waals surface area contributed by atoms with Gasteiger partial charge in [0, 0.05) is 5.75 Å². The summed E-state index contributed by atoms with van der Waals surface area (Å²) < 4.78 is 0. The zero-order valence-electron chi connectivity index (χ0n) is 17.2. The van der Waals surface area contributed by atoms with Gasteiger partial charge in [-0.3, -0.25) is 14.4 Å². The Kier molecular flexibility index (Phi) is 11.8. The molecule has 0 spiro atoms. The average molecular weight is 419 g/mol. The number of amides is 3. The Bertz CT molecular complexity index is 558. The number of carbonyl (C=O) groups excluding carboxylic acids is 3. The summed E-state index contributed by atoms with van der Waals surface area (Å²) >= 11 is 3.88. The molecule has 0 fully saturated rings. The summed E-state index contributed by atoms with van der Waals surface area (Å²) in [5.74, 6) is -2.83. The molecule has 10 heteroatoms. The van der Waals surface area contributed by atoms with Crippen molar-refractivity contribution >= 4 is 36.3 Å². The van der Waals surface area contributed by atoms with E-state index in [1.165, 1.54) is 6.92 Å². The van der Waals surface area contributed by atoms with Crippen LogP contribution < -0.4 is 21.7 Å². The van der Waals surface area contributed by atoms with E-state index in [0.717, 1.165) is 6.42 Å². The van der Waals surface area contributed by atoms with E-state index in [-0.39, 0.29) is 17.6 Å². The van der Waals surface area contributed by atoms with Gasteiger partial charge in [0.1, 0.15) is 18.1 Å². The molecule has 0 aromatic rings. The zero-order valence-corrected chi connectivity index (χ0v) is 18.1. The van der Waals surface area contributed by atoms with Crippen molar-refractivity contribution < 1.29 is 24.3 Å². The van der Waals surface area contributed by atoms with E-state index in [2.05, 4.69) is 28.6 Å². The van der Waals surface area contributed by atoms with Crippen molar-refractivity contribution in [3.63, 3.8) is 0 Å². The third-order valence-corrected chi connectivity index (χ3v) is 4.81. The molecule has 0 rings (SSSR count).